The van der Waals surface area contributed by atoms with Gasteiger partial charge in [0.15, 0.2) is 11.2 Å². The lowest BCUT2D eigenvalue weighted by Crippen LogP contribution is -2.37. The van der Waals surface area contributed by atoms with Gasteiger partial charge in [-0.2, -0.15) is 0 Å². The van der Waals surface area contributed by atoms with E-state index in [-0.39, 0.29) is 0 Å². The second kappa shape index (κ2) is 34.8. The van der Waals surface area contributed by atoms with Gasteiger partial charge in [-0.1, -0.05) is 346 Å². The Morgan fingerprint density at radius 2 is 0.458 bits per heavy atom. The Balaban J connectivity index is 0.000000144. The number of ether oxygens (including phenoxy) is 2. The minimum atomic E-state index is -1.48. The second-order valence-electron chi connectivity index (χ2n) is 38.4. The van der Waals surface area contributed by atoms with Crippen LogP contribution in [0, 0.1) is 0 Å². The van der Waals surface area contributed by atoms with Gasteiger partial charge in [0, 0.05) is 112 Å². The number of anilines is 12. The summed E-state index contributed by atoms with van der Waals surface area (Å²) in [5, 5.41) is 20.1. The maximum Gasteiger partial charge on any atom is 0.159 e. The summed E-state index contributed by atoms with van der Waals surface area (Å²) >= 11 is 0. The minimum Gasteiger partial charge on any atom is -0.456 e. The van der Waals surface area contributed by atoms with Crippen LogP contribution in [0.15, 0.2) is 512 Å². The van der Waals surface area contributed by atoms with E-state index < -0.39 is 8.07 Å². The molecule has 26 aromatic rings. The zero-order chi connectivity index (χ0) is 95.6. The summed E-state index contributed by atoms with van der Waals surface area (Å²) in [4.78, 5) is 9.32. The molecule has 0 unspecified atom stereocenters. The molecule has 0 atom stereocenters. The van der Waals surface area contributed by atoms with E-state index in [1.165, 1.54) is 81.3 Å². The summed E-state index contributed by atoms with van der Waals surface area (Å²) in [7, 11) is -1.48. The van der Waals surface area contributed by atoms with Crippen molar-refractivity contribution in [2.24, 2.45) is 0 Å². The number of nitrogens with zero attached hydrogens (tertiary/aromatic N) is 4. The Bertz CT molecular complexity index is 9520. The van der Waals surface area contributed by atoms with Gasteiger partial charge in [-0.25, -0.2) is 0 Å². The van der Waals surface area contributed by atoms with Gasteiger partial charge in [-0.05, 0) is 268 Å². The van der Waals surface area contributed by atoms with Crippen molar-refractivity contribution in [3.63, 3.8) is 0 Å². The molecule has 0 saturated heterocycles. The molecule has 0 N–H and O–H groups in total. The molecule has 680 valence electrons. The third kappa shape index (κ3) is 14.5. The van der Waals surface area contributed by atoms with Gasteiger partial charge in [-0.3, -0.25) is 0 Å². The normalized spacial score (nSPS) is 12.0. The fraction of sp³-hybridized carbons (Fsp3) is 0.0222. The molecule has 4 heterocycles. The quantitative estimate of drug-likeness (QED) is 0.0660. The van der Waals surface area contributed by atoms with Crippen LogP contribution < -0.4 is 34.3 Å². The van der Waals surface area contributed by atoms with Crippen LogP contribution in [0.25, 0.3) is 175 Å². The van der Waals surface area contributed by atoms with Crippen molar-refractivity contribution in [1.82, 2.24) is 0 Å². The highest BCUT2D eigenvalue weighted by atomic mass is 28.3. The van der Waals surface area contributed by atoms with Gasteiger partial charge in [-0.15, -0.1) is 0 Å². The fourth-order valence-electron chi connectivity index (χ4n) is 22.3. The standard InChI is InChI=1S/C69H50N2O2Si.C66H42N2O2/c1-74(2,3)51-39-36-48(37-40-51)70(47-20-8-5-9-21-47)50-38-41-56-62-44-60-54-24-11-10-23-53(54)59(43-61(60)57-26-17-31-66(68(57)62)72-67(56)42-50)46-32-34-49(35-33-46)71(63-28-14-12-22-52(63)45-18-6-4-7-19-45)64-29-16-27-58-55-25-13-15-30-65(55)73-69(58)64;1-4-18-43(19-5-1)49-24-12-14-30-60(49)68(61-31-16-29-55-52-27-13-15-32-62(52)70-66(55)61)47-36-34-44(35-37-47)56-41-58-54-28-17-33-63-65(54)59(42-57(58)51-26-11-10-25-50(51)56)53-39-38-48(40-64(53)69-63)67(45-20-6-2-7-21-45)46-22-8-3-9-23-46/h4-44H,1-3H3;1-42H. The van der Waals surface area contributed by atoms with Crippen molar-refractivity contribution in [3.8, 4) is 89.8 Å². The Morgan fingerprint density at radius 1 is 0.167 bits per heavy atom. The monoisotopic (exact) mass is 1860 g/mol. The van der Waals surface area contributed by atoms with Crippen LogP contribution in [0.1, 0.15) is 0 Å². The lowest BCUT2D eigenvalue weighted by molar-refractivity contribution is 0.487. The molecule has 0 spiro atoms. The van der Waals surface area contributed by atoms with Crippen LogP contribution in [0.2, 0.25) is 19.6 Å². The molecule has 0 aliphatic carbocycles. The molecule has 2 aliphatic rings. The number of hydrogen-bond donors (Lipinski definition) is 0. The first-order valence-corrected chi connectivity index (χ1v) is 52.8. The third-order valence-corrected chi connectivity index (χ3v) is 31.1. The molecule has 2 aromatic heterocycles. The van der Waals surface area contributed by atoms with E-state index in [9.17, 15) is 0 Å². The number of fused-ring (bicyclic) bond motifs is 18. The molecule has 9 heteroatoms. The lowest BCUT2D eigenvalue weighted by atomic mass is 9.86. The highest BCUT2D eigenvalue weighted by Gasteiger charge is 2.32. The number of rotatable bonds is 17. The average molecular weight is 1860 g/mol. The Labute approximate surface area is 834 Å². The molecular weight excluding hydrogens is 1770 g/mol. The fourth-order valence-corrected chi connectivity index (χ4v) is 23.5. The zero-order valence-corrected chi connectivity index (χ0v) is 80.3. The van der Waals surface area contributed by atoms with E-state index in [4.69, 9.17) is 18.3 Å². The number of furan rings is 2. The summed E-state index contributed by atoms with van der Waals surface area (Å²) in [6.07, 6.45) is 0. The molecule has 28 rings (SSSR count). The minimum absolute atomic E-state index is 0.840. The number of benzene rings is 24. The smallest absolute Gasteiger partial charge is 0.159 e. The molecule has 8 nitrogen and oxygen atoms in total. The molecule has 0 fully saturated rings. The van der Waals surface area contributed by atoms with Crippen molar-refractivity contribution in [2.45, 2.75) is 19.6 Å². The van der Waals surface area contributed by atoms with Crippen LogP contribution in [0.5, 0.6) is 23.0 Å². The van der Waals surface area contributed by atoms with Crippen molar-refractivity contribution in [2.75, 3.05) is 19.6 Å². The molecule has 0 radical (unpaired) electrons. The maximum atomic E-state index is 6.98. The summed E-state index contributed by atoms with van der Waals surface area (Å²) in [6.45, 7) is 7.19. The van der Waals surface area contributed by atoms with Gasteiger partial charge < -0.3 is 37.9 Å². The number of hydrogen-bond acceptors (Lipinski definition) is 8. The highest BCUT2D eigenvalue weighted by Crippen LogP contribution is 2.57. The summed E-state index contributed by atoms with van der Waals surface area (Å²) in [6, 6.07) is 181. The van der Waals surface area contributed by atoms with E-state index in [1.54, 1.807) is 0 Å². The third-order valence-electron chi connectivity index (χ3n) is 29.0. The highest BCUT2D eigenvalue weighted by molar-refractivity contribution is 6.88. The molecule has 0 bridgehead atoms. The predicted molar refractivity (Wildman–Crippen MR) is 607 cm³/mol. The van der Waals surface area contributed by atoms with Crippen LogP contribution in [0.3, 0.4) is 0 Å². The Morgan fingerprint density at radius 3 is 0.868 bits per heavy atom. The SMILES string of the molecule is C[Si](C)(C)c1ccc(N(c2ccccc2)c2ccc3c(c2)Oc2cccc4c2c-3cc2c3ccccc3c(-c3ccc(N(c5ccccc5-c5ccccc5)c5cccc6c5oc5ccccc56)cc3)cc42)cc1.c1ccc(-c2ccccc2N(c2ccc(-c3cc4c5cccc6c5c(cc4c4ccccc34)-c3ccc(N(c4ccccc4)c4ccccc4)cc3O6)cc2)c2cccc3c2oc2ccccc23)cc1. The van der Waals surface area contributed by atoms with E-state index in [2.05, 4.69) is 531 Å². The molecular formula is C135H92N4O4Si. The van der Waals surface area contributed by atoms with Gasteiger partial charge >= 0.3 is 0 Å². The van der Waals surface area contributed by atoms with Gasteiger partial charge in [0.2, 0.25) is 0 Å². The van der Waals surface area contributed by atoms with Crippen LogP contribution in [-0.4, -0.2) is 8.07 Å². The first-order chi connectivity index (χ1) is 71.1. The van der Waals surface area contributed by atoms with Gasteiger partial charge in [0.05, 0.1) is 30.8 Å². The predicted octanol–water partition coefficient (Wildman–Crippen LogP) is 38.7. The molecule has 24 aromatic carbocycles. The topological polar surface area (TPSA) is 57.7 Å². The van der Waals surface area contributed by atoms with Crippen molar-refractivity contribution in [3.05, 3.63) is 504 Å². The Hall–Kier alpha value is -18.5. The molecule has 144 heavy (non-hydrogen) atoms. The van der Waals surface area contributed by atoms with Gasteiger partial charge in [0.25, 0.3) is 0 Å². The van der Waals surface area contributed by atoms with Crippen molar-refractivity contribution < 1.29 is 18.3 Å². The molecule has 2 aliphatic heterocycles. The number of para-hydroxylation sites is 9. The molecule has 0 amide bonds. The zero-order valence-electron chi connectivity index (χ0n) is 79.3. The van der Waals surface area contributed by atoms with Crippen molar-refractivity contribution >= 4 is 190 Å². The second-order valence-corrected chi connectivity index (χ2v) is 43.5. The average Bonchev–Trinajstić information content (AvgIpc) is 0.918. The van der Waals surface area contributed by atoms with Gasteiger partial charge in [0.1, 0.15) is 34.2 Å². The van der Waals surface area contributed by atoms with E-state index in [0.717, 1.165) is 190 Å². The van der Waals surface area contributed by atoms with E-state index >= 15 is 0 Å². The van der Waals surface area contributed by atoms with E-state index in [0.29, 0.717) is 0 Å². The Kier molecular flexibility index (Phi) is 20.5. The summed E-state index contributed by atoms with van der Waals surface area (Å²) in [5.41, 5.74) is 29.8. The summed E-state index contributed by atoms with van der Waals surface area (Å²) in [5.74, 6) is 3.41. The molecule has 0 saturated carbocycles. The summed E-state index contributed by atoms with van der Waals surface area (Å²) < 4.78 is 27.3. The van der Waals surface area contributed by atoms with Crippen LogP contribution >= 0.6 is 0 Å². The lowest BCUT2D eigenvalue weighted by Gasteiger charge is -2.29. The largest absolute Gasteiger partial charge is 0.456 e. The maximum absolute atomic E-state index is 6.98. The van der Waals surface area contributed by atoms with E-state index in [1.807, 2.05) is 12.1 Å². The van der Waals surface area contributed by atoms with Crippen LogP contribution in [0.4, 0.5) is 68.2 Å². The first-order valence-electron chi connectivity index (χ1n) is 49.3. The van der Waals surface area contributed by atoms with Crippen molar-refractivity contribution in [1.29, 1.82) is 0 Å². The van der Waals surface area contributed by atoms with Crippen LogP contribution in [-0.2, 0) is 0 Å². The first kappa shape index (κ1) is 84.7.